The van der Waals surface area contributed by atoms with Gasteiger partial charge in [0.2, 0.25) is 0 Å². The third kappa shape index (κ3) is 7.32. The molecule has 0 fully saturated rings. The fourth-order valence-electron chi connectivity index (χ4n) is 0.793. The van der Waals surface area contributed by atoms with Gasteiger partial charge >= 0.3 is 5.97 Å². The molecule has 0 aliphatic carbocycles. The molecule has 0 aliphatic rings. The lowest BCUT2D eigenvalue weighted by molar-refractivity contribution is -0.143. The smallest absolute Gasteiger partial charge is 0.305 e. The van der Waals surface area contributed by atoms with E-state index in [0.29, 0.717) is 13.0 Å². The maximum absolute atomic E-state index is 10.9. The predicted molar refractivity (Wildman–Crippen MR) is 49.9 cm³/mol. The molecule has 0 amide bonds. The van der Waals surface area contributed by atoms with Crippen molar-refractivity contribution < 1.29 is 9.53 Å². The number of unbranched alkanes of at least 4 members (excludes halogenated alkanes) is 2. The second-order valence-corrected chi connectivity index (χ2v) is 2.75. The van der Waals surface area contributed by atoms with E-state index in [2.05, 4.69) is 13.5 Å². The average molecular weight is 170 g/mol. The van der Waals surface area contributed by atoms with Crippen LogP contribution in [-0.4, -0.2) is 12.6 Å². The van der Waals surface area contributed by atoms with Crippen molar-refractivity contribution in [1.29, 1.82) is 0 Å². The van der Waals surface area contributed by atoms with Crippen LogP contribution in [0.1, 0.15) is 39.0 Å². The average Bonchev–Trinajstić information content (AvgIpc) is 2.06. The number of esters is 1. The first-order valence-electron chi connectivity index (χ1n) is 4.57. The Hall–Kier alpha value is -0.790. The minimum Gasteiger partial charge on any atom is -0.466 e. The molecule has 0 unspecified atom stereocenters. The summed E-state index contributed by atoms with van der Waals surface area (Å²) >= 11 is 0. The molecule has 0 bridgehead atoms. The number of ether oxygens (including phenoxy) is 1. The van der Waals surface area contributed by atoms with Gasteiger partial charge in [0.25, 0.3) is 0 Å². The van der Waals surface area contributed by atoms with Crippen molar-refractivity contribution in [3.63, 3.8) is 0 Å². The summed E-state index contributed by atoms with van der Waals surface area (Å²) < 4.78 is 4.96. The minimum atomic E-state index is -0.0784. The second-order valence-electron chi connectivity index (χ2n) is 2.75. The van der Waals surface area contributed by atoms with Crippen LogP contribution in [0.2, 0.25) is 0 Å². The van der Waals surface area contributed by atoms with Crippen molar-refractivity contribution >= 4 is 5.97 Å². The molecular weight excluding hydrogens is 152 g/mol. The van der Waals surface area contributed by atoms with Crippen molar-refractivity contribution in [1.82, 2.24) is 0 Å². The van der Waals surface area contributed by atoms with E-state index in [0.717, 1.165) is 25.7 Å². The SMILES string of the molecule is C=CCCCC(=O)OCCCC. The van der Waals surface area contributed by atoms with Gasteiger partial charge in [-0.05, 0) is 19.3 Å². The summed E-state index contributed by atoms with van der Waals surface area (Å²) in [5.41, 5.74) is 0. The highest BCUT2D eigenvalue weighted by Crippen LogP contribution is 1.98. The highest BCUT2D eigenvalue weighted by Gasteiger charge is 1.99. The van der Waals surface area contributed by atoms with Crippen LogP contribution in [0, 0.1) is 0 Å². The summed E-state index contributed by atoms with van der Waals surface area (Å²) in [6.45, 7) is 6.23. The summed E-state index contributed by atoms with van der Waals surface area (Å²) in [6, 6.07) is 0. The van der Waals surface area contributed by atoms with Crippen LogP contribution in [0.25, 0.3) is 0 Å². The molecule has 2 heteroatoms. The summed E-state index contributed by atoms with van der Waals surface area (Å²) in [4.78, 5) is 10.9. The first kappa shape index (κ1) is 11.2. The molecule has 0 aromatic carbocycles. The number of carbonyl (C=O) groups excluding carboxylic acids is 1. The molecule has 0 aliphatic heterocycles. The first-order valence-corrected chi connectivity index (χ1v) is 4.57. The van der Waals surface area contributed by atoms with E-state index >= 15 is 0 Å². The minimum absolute atomic E-state index is 0.0784. The van der Waals surface area contributed by atoms with Gasteiger partial charge in [0.1, 0.15) is 0 Å². The highest BCUT2D eigenvalue weighted by atomic mass is 16.5. The van der Waals surface area contributed by atoms with Gasteiger partial charge in [0.15, 0.2) is 0 Å². The van der Waals surface area contributed by atoms with Crippen molar-refractivity contribution in [2.24, 2.45) is 0 Å². The Morgan fingerprint density at radius 2 is 2.25 bits per heavy atom. The molecule has 0 aromatic heterocycles. The van der Waals surface area contributed by atoms with Crippen LogP contribution >= 0.6 is 0 Å². The molecule has 0 aromatic rings. The molecule has 0 saturated heterocycles. The lowest BCUT2D eigenvalue weighted by atomic mass is 10.2. The van der Waals surface area contributed by atoms with Crippen molar-refractivity contribution in [2.45, 2.75) is 39.0 Å². The summed E-state index contributed by atoms with van der Waals surface area (Å²) in [7, 11) is 0. The van der Waals surface area contributed by atoms with Gasteiger partial charge in [-0.1, -0.05) is 19.4 Å². The topological polar surface area (TPSA) is 26.3 Å². The van der Waals surface area contributed by atoms with Crippen molar-refractivity contribution in [2.75, 3.05) is 6.61 Å². The fourth-order valence-corrected chi connectivity index (χ4v) is 0.793. The zero-order valence-electron chi connectivity index (χ0n) is 7.84. The third-order valence-electron chi connectivity index (χ3n) is 1.55. The Balaban J connectivity index is 3.15. The van der Waals surface area contributed by atoms with Crippen LogP contribution < -0.4 is 0 Å². The first-order chi connectivity index (χ1) is 5.81. The Labute approximate surface area is 74.6 Å². The van der Waals surface area contributed by atoms with E-state index < -0.39 is 0 Å². The van der Waals surface area contributed by atoms with Gasteiger partial charge in [-0.3, -0.25) is 4.79 Å². The van der Waals surface area contributed by atoms with Gasteiger partial charge < -0.3 is 4.74 Å². The Morgan fingerprint density at radius 1 is 1.50 bits per heavy atom. The van der Waals surface area contributed by atoms with E-state index in [4.69, 9.17) is 4.74 Å². The second kappa shape index (κ2) is 8.31. The number of hydrogen-bond donors (Lipinski definition) is 0. The standard InChI is InChI=1S/C10H18O2/c1-3-5-7-8-10(11)12-9-6-4-2/h3H,1,4-9H2,2H3. The Bertz CT molecular complexity index is 130. The zero-order valence-corrected chi connectivity index (χ0v) is 7.84. The molecule has 0 spiro atoms. The van der Waals surface area contributed by atoms with Gasteiger partial charge in [0, 0.05) is 6.42 Å². The van der Waals surface area contributed by atoms with Crippen molar-refractivity contribution in [3.8, 4) is 0 Å². The maximum atomic E-state index is 10.9. The lowest BCUT2D eigenvalue weighted by Gasteiger charge is -2.01. The van der Waals surface area contributed by atoms with Gasteiger partial charge in [-0.15, -0.1) is 6.58 Å². The molecule has 0 saturated carbocycles. The molecule has 0 heterocycles. The quantitative estimate of drug-likeness (QED) is 0.333. The normalized spacial score (nSPS) is 9.42. The molecule has 0 N–H and O–H groups in total. The van der Waals surface area contributed by atoms with Crippen LogP contribution in [0.4, 0.5) is 0 Å². The van der Waals surface area contributed by atoms with E-state index in [-0.39, 0.29) is 5.97 Å². The maximum Gasteiger partial charge on any atom is 0.305 e. The van der Waals surface area contributed by atoms with Gasteiger partial charge in [-0.25, -0.2) is 0 Å². The van der Waals surface area contributed by atoms with E-state index in [1.807, 2.05) is 6.08 Å². The highest BCUT2D eigenvalue weighted by molar-refractivity contribution is 5.69. The van der Waals surface area contributed by atoms with E-state index in [9.17, 15) is 4.79 Å². The number of rotatable bonds is 7. The molecule has 0 rings (SSSR count). The monoisotopic (exact) mass is 170 g/mol. The van der Waals surface area contributed by atoms with E-state index in [1.165, 1.54) is 0 Å². The van der Waals surface area contributed by atoms with Crippen LogP contribution in [0.5, 0.6) is 0 Å². The van der Waals surface area contributed by atoms with Crippen LogP contribution in [0.3, 0.4) is 0 Å². The van der Waals surface area contributed by atoms with Crippen molar-refractivity contribution in [3.05, 3.63) is 12.7 Å². The zero-order chi connectivity index (χ0) is 9.23. The predicted octanol–water partition coefficient (Wildman–Crippen LogP) is 2.69. The Kier molecular flexibility index (Phi) is 7.76. The lowest BCUT2D eigenvalue weighted by Crippen LogP contribution is -2.04. The Morgan fingerprint density at radius 3 is 2.83 bits per heavy atom. The summed E-state index contributed by atoms with van der Waals surface area (Å²) in [5, 5.41) is 0. The number of allylic oxidation sites excluding steroid dienone is 1. The molecule has 2 nitrogen and oxygen atoms in total. The van der Waals surface area contributed by atoms with Gasteiger partial charge in [0.05, 0.1) is 6.61 Å². The molecule has 12 heavy (non-hydrogen) atoms. The third-order valence-corrected chi connectivity index (χ3v) is 1.55. The number of hydrogen-bond acceptors (Lipinski definition) is 2. The number of carbonyl (C=O) groups is 1. The summed E-state index contributed by atoms with van der Waals surface area (Å²) in [6.07, 6.45) is 6.12. The fraction of sp³-hybridized carbons (Fsp3) is 0.700. The molecule has 70 valence electrons. The summed E-state index contributed by atoms with van der Waals surface area (Å²) in [5.74, 6) is -0.0784. The van der Waals surface area contributed by atoms with Gasteiger partial charge in [-0.2, -0.15) is 0 Å². The van der Waals surface area contributed by atoms with Crippen LogP contribution in [-0.2, 0) is 9.53 Å². The molecule has 0 atom stereocenters. The van der Waals surface area contributed by atoms with Crippen LogP contribution in [0.15, 0.2) is 12.7 Å². The van der Waals surface area contributed by atoms with E-state index in [1.54, 1.807) is 0 Å². The largest absolute Gasteiger partial charge is 0.466 e. The molecular formula is C10H18O2. The molecule has 0 radical (unpaired) electrons.